The van der Waals surface area contributed by atoms with Crippen molar-refractivity contribution in [2.45, 2.75) is 77.2 Å². The summed E-state index contributed by atoms with van der Waals surface area (Å²) in [5.41, 5.74) is 2.09. The lowest BCUT2D eigenvalue weighted by atomic mass is 9.73. The van der Waals surface area contributed by atoms with Crippen LogP contribution >= 0.6 is 0 Å². The molecule has 1 aromatic carbocycles. The van der Waals surface area contributed by atoms with Crippen LogP contribution in [0.3, 0.4) is 0 Å². The summed E-state index contributed by atoms with van der Waals surface area (Å²) in [6, 6.07) is 8.51. The second-order valence-corrected chi connectivity index (χ2v) is 12.1. The molecule has 28 heavy (non-hydrogen) atoms. The number of hydrogen-bond acceptors (Lipinski definition) is 4. The van der Waals surface area contributed by atoms with Crippen molar-refractivity contribution in [3.63, 3.8) is 0 Å². The largest absolute Gasteiger partial charge is 0.598 e. The first-order valence-electron chi connectivity index (χ1n) is 10.2. The minimum absolute atomic E-state index is 0.0108. The summed E-state index contributed by atoms with van der Waals surface area (Å²) in [5.74, 6) is 0. The molecule has 1 aliphatic heterocycles. The standard InChI is InChI=1S/C22H34N2O3S/c1-20(2,3)27-19(25)24-13-11-22(12-14-24)15-16-9-7-8-10-17(16)18(22)23-28(26)21(4,5)6/h7-10,18,23H,11-15H2,1-6H3/t18-,28+/m0/s1. The summed E-state index contributed by atoms with van der Waals surface area (Å²) in [7, 11) is 0. The Morgan fingerprint density at radius 2 is 1.79 bits per heavy atom. The van der Waals surface area contributed by atoms with E-state index in [4.69, 9.17) is 4.74 Å². The summed E-state index contributed by atoms with van der Waals surface area (Å²) in [6.45, 7) is 13.0. The van der Waals surface area contributed by atoms with Crippen molar-refractivity contribution in [1.82, 2.24) is 9.62 Å². The van der Waals surface area contributed by atoms with Crippen LogP contribution in [-0.2, 0) is 22.5 Å². The lowest BCUT2D eigenvalue weighted by molar-refractivity contribution is 0.00716. The number of nitrogens with one attached hydrogen (secondary N) is 1. The minimum Gasteiger partial charge on any atom is -0.598 e. The van der Waals surface area contributed by atoms with Crippen molar-refractivity contribution < 1.29 is 14.1 Å². The van der Waals surface area contributed by atoms with Crippen LogP contribution in [0.15, 0.2) is 24.3 Å². The number of benzene rings is 1. The number of carbonyl (C=O) groups is 1. The number of fused-ring (bicyclic) bond motifs is 1. The Morgan fingerprint density at radius 3 is 2.36 bits per heavy atom. The summed E-state index contributed by atoms with van der Waals surface area (Å²) in [5, 5.41) is 0. The van der Waals surface area contributed by atoms with Gasteiger partial charge < -0.3 is 14.2 Å². The first kappa shape index (κ1) is 21.5. The van der Waals surface area contributed by atoms with Crippen LogP contribution in [0.4, 0.5) is 4.79 Å². The van der Waals surface area contributed by atoms with Gasteiger partial charge in [0.15, 0.2) is 0 Å². The summed E-state index contributed by atoms with van der Waals surface area (Å²) in [6.07, 6.45) is 2.48. The topological polar surface area (TPSA) is 64.6 Å². The molecule has 0 aromatic heterocycles. The highest BCUT2D eigenvalue weighted by molar-refractivity contribution is 7.90. The van der Waals surface area contributed by atoms with Gasteiger partial charge in [0, 0.05) is 29.9 Å². The lowest BCUT2D eigenvalue weighted by Gasteiger charge is -2.43. The number of nitrogens with zero attached hydrogens (tertiary/aromatic N) is 1. The van der Waals surface area contributed by atoms with Gasteiger partial charge in [0.2, 0.25) is 0 Å². The number of ether oxygens (including phenoxy) is 1. The molecular formula is C22H34N2O3S. The molecule has 6 heteroatoms. The maximum Gasteiger partial charge on any atom is 0.410 e. The molecule has 1 aliphatic carbocycles. The molecule has 0 unspecified atom stereocenters. The van der Waals surface area contributed by atoms with Crippen LogP contribution in [0.5, 0.6) is 0 Å². The highest BCUT2D eigenvalue weighted by atomic mass is 32.2. The van der Waals surface area contributed by atoms with E-state index in [1.807, 2.05) is 46.4 Å². The number of hydrogen-bond donors (Lipinski definition) is 1. The monoisotopic (exact) mass is 406 g/mol. The van der Waals surface area contributed by atoms with E-state index in [9.17, 15) is 9.35 Å². The molecule has 1 N–H and O–H groups in total. The smallest absolute Gasteiger partial charge is 0.410 e. The van der Waals surface area contributed by atoms with Crippen LogP contribution in [0.1, 0.15) is 71.6 Å². The first-order chi connectivity index (χ1) is 12.9. The van der Waals surface area contributed by atoms with E-state index < -0.39 is 17.0 Å². The molecule has 5 nitrogen and oxygen atoms in total. The van der Waals surface area contributed by atoms with Crippen molar-refractivity contribution in [3.8, 4) is 0 Å². The van der Waals surface area contributed by atoms with Crippen molar-refractivity contribution in [2.75, 3.05) is 13.1 Å². The molecule has 1 heterocycles. The zero-order valence-electron chi connectivity index (χ0n) is 18.0. The van der Waals surface area contributed by atoms with Gasteiger partial charge in [-0.05, 0) is 71.9 Å². The molecule has 1 fully saturated rings. The zero-order chi connectivity index (χ0) is 20.7. The Kier molecular flexibility index (Phi) is 5.78. The normalized spacial score (nSPS) is 22.8. The first-order valence-corrected chi connectivity index (χ1v) is 11.3. The van der Waals surface area contributed by atoms with Crippen LogP contribution in [0, 0.1) is 5.41 Å². The van der Waals surface area contributed by atoms with E-state index >= 15 is 0 Å². The third-order valence-corrected chi connectivity index (χ3v) is 7.28. The fraction of sp³-hybridized carbons (Fsp3) is 0.682. The molecule has 2 atom stereocenters. The molecule has 3 rings (SSSR count). The SMILES string of the molecule is CC(C)(C)OC(=O)N1CCC2(CC1)Cc1ccccc1[C@@H]2N[S@+]([O-])C(C)(C)C. The molecule has 1 saturated heterocycles. The fourth-order valence-electron chi connectivity index (χ4n) is 4.19. The number of carbonyl (C=O) groups excluding carboxylic acids is 1. The Bertz CT molecular complexity index is 715. The molecular weight excluding hydrogens is 372 g/mol. The van der Waals surface area contributed by atoms with Crippen molar-refractivity contribution in [2.24, 2.45) is 5.41 Å². The maximum atomic E-state index is 12.9. The molecule has 0 bridgehead atoms. The van der Waals surface area contributed by atoms with Crippen molar-refractivity contribution in [3.05, 3.63) is 35.4 Å². The van der Waals surface area contributed by atoms with Crippen LogP contribution in [0.25, 0.3) is 0 Å². The van der Waals surface area contributed by atoms with E-state index in [1.165, 1.54) is 11.1 Å². The third kappa shape index (κ3) is 4.50. The van der Waals surface area contributed by atoms with Gasteiger partial charge in [-0.2, -0.15) is 0 Å². The Balaban J connectivity index is 1.78. The predicted octanol–water partition coefficient (Wildman–Crippen LogP) is 4.35. The Labute approximate surface area is 172 Å². The zero-order valence-corrected chi connectivity index (χ0v) is 18.8. The molecule has 1 aromatic rings. The number of piperidine rings is 1. The second-order valence-electron chi connectivity index (χ2n) is 10.1. The van der Waals surface area contributed by atoms with Crippen LogP contribution in [-0.4, -0.2) is 39.0 Å². The van der Waals surface area contributed by atoms with Gasteiger partial charge in [0.25, 0.3) is 0 Å². The number of amides is 1. The van der Waals surface area contributed by atoms with Crippen molar-refractivity contribution >= 4 is 17.5 Å². The van der Waals surface area contributed by atoms with Gasteiger partial charge in [0.05, 0.1) is 6.04 Å². The van der Waals surface area contributed by atoms with Gasteiger partial charge in [-0.15, -0.1) is 4.72 Å². The van der Waals surface area contributed by atoms with Gasteiger partial charge in [-0.3, -0.25) is 0 Å². The predicted molar refractivity (Wildman–Crippen MR) is 113 cm³/mol. The van der Waals surface area contributed by atoms with Gasteiger partial charge >= 0.3 is 6.09 Å². The average Bonchev–Trinajstić information content (AvgIpc) is 2.86. The average molecular weight is 407 g/mol. The lowest BCUT2D eigenvalue weighted by Crippen LogP contribution is -2.51. The maximum absolute atomic E-state index is 12.9. The minimum atomic E-state index is -1.15. The molecule has 1 amide bonds. The van der Waals surface area contributed by atoms with E-state index in [1.54, 1.807) is 0 Å². The second kappa shape index (κ2) is 7.54. The third-order valence-electron chi connectivity index (χ3n) is 5.71. The number of likely N-dealkylation sites (tertiary alicyclic amines) is 1. The summed E-state index contributed by atoms with van der Waals surface area (Å²) in [4.78, 5) is 14.3. The van der Waals surface area contributed by atoms with Crippen LogP contribution in [0.2, 0.25) is 0 Å². The fourth-order valence-corrected chi connectivity index (χ4v) is 5.13. The van der Waals surface area contributed by atoms with E-state index in [0.717, 1.165) is 19.3 Å². The van der Waals surface area contributed by atoms with E-state index in [2.05, 4.69) is 29.0 Å². The van der Waals surface area contributed by atoms with E-state index in [-0.39, 0.29) is 22.3 Å². The molecule has 1 spiro atoms. The van der Waals surface area contributed by atoms with Crippen LogP contribution < -0.4 is 4.72 Å². The highest BCUT2D eigenvalue weighted by Crippen LogP contribution is 2.52. The summed E-state index contributed by atoms with van der Waals surface area (Å²) >= 11 is -1.15. The molecule has 2 aliphatic rings. The molecule has 156 valence electrons. The molecule has 0 radical (unpaired) electrons. The molecule has 0 saturated carbocycles. The Hall–Kier alpha value is -1.24. The van der Waals surface area contributed by atoms with Crippen molar-refractivity contribution in [1.29, 1.82) is 0 Å². The number of rotatable bonds is 2. The van der Waals surface area contributed by atoms with E-state index in [0.29, 0.717) is 13.1 Å². The Morgan fingerprint density at radius 1 is 1.18 bits per heavy atom. The summed E-state index contributed by atoms with van der Waals surface area (Å²) < 4.78 is 21.6. The van der Waals surface area contributed by atoms with Gasteiger partial charge in [0.1, 0.15) is 10.3 Å². The highest BCUT2D eigenvalue weighted by Gasteiger charge is 2.51. The van der Waals surface area contributed by atoms with Gasteiger partial charge in [-0.1, -0.05) is 24.3 Å². The quantitative estimate of drug-likeness (QED) is 0.742. The van der Waals surface area contributed by atoms with Gasteiger partial charge in [-0.25, -0.2) is 4.79 Å².